The van der Waals surface area contributed by atoms with Crippen LogP contribution in [0, 0.1) is 6.92 Å². The third-order valence-electron chi connectivity index (χ3n) is 4.32. The first-order valence-corrected chi connectivity index (χ1v) is 9.20. The van der Waals surface area contributed by atoms with Crippen LogP contribution in [0.3, 0.4) is 0 Å². The van der Waals surface area contributed by atoms with Crippen molar-refractivity contribution in [1.29, 1.82) is 0 Å². The molecule has 0 radical (unpaired) electrons. The van der Waals surface area contributed by atoms with E-state index >= 15 is 0 Å². The van der Waals surface area contributed by atoms with E-state index in [1.54, 1.807) is 6.92 Å². The van der Waals surface area contributed by atoms with E-state index in [2.05, 4.69) is 19.2 Å². The van der Waals surface area contributed by atoms with Crippen molar-refractivity contribution in [2.24, 2.45) is 5.73 Å². The van der Waals surface area contributed by atoms with E-state index < -0.39 is 18.1 Å². The van der Waals surface area contributed by atoms with Gasteiger partial charge in [-0.25, -0.2) is 0 Å². The predicted octanol–water partition coefficient (Wildman–Crippen LogP) is 3.62. The van der Waals surface area contributed by atoms with Crippen molar-refractivity contribution >= 4 is 11.9 Å². The van der Waals surface area contributed by atoms with Crippen LogP contribution in [0.25, 0.3) is 0 Å². The van der Waals surface area contributed by atoms with Crippen molar-refractivity contribution in [1.82, 2.24) is 5.32 Å². The van der Waals surface area contributed by atoms with E-state index in [1.165, 1.54) is 0 Å². The molecular formula is C22H28N2O3. The van der Waals surface area contributed by atoms with Gasteiger partial charge < -0.3 is 15.8 Å². The van der Waals surface area contributed by atoms with Gasteiger partial charge in [0, 0.05) is 0 Å². The fraction of sp³-hybridized carbons (Fsp3) is 0.364. The molecule has 144 valence electrons. The molecule has 0 heterocycles. The van der Waals surface area contributed by atoms with Crippen molar-refractivity contribution in [3.05, 3.63) is 65.2 Å². The van der Waals surface area contributed by atoms with Crippen LogP contribution in [-0.2, 0) is 9.59 Å². The van der Waals surface area contributed by atoms with Gasteiger partial charge in [0.1, 0.15) is 5.75 Å². The van der Waals surface area contributed by atoms with Gasteiger partial charge in [0.05, 0.1) is 18.5 Å². The van der Waals surface area contributed by atoms with Gasteiger partial charge in [-0.1, -0.05) is 56.3 Å². The summed E-state index contributed by atoms with van der Waals surface area (Å²) in [6, 6.07) is 14.0. The van der Waals surface area contributed by atoms with Crippen LogP contribution in [0.5, 0.6) is 5.75 Å². The molecule has 2 aromatic rings. The highest BCUT2D eigenvalue weighted by Gasteiger charge is 2.22. The summed E-state index contributed by atoms with van der Waals surface area (Å²) < 4.78 is 5.66. The molecule has 0 unspecified atom stereocenters. The van der Waals surface area contributed by atoms with Gasteiger partial charge in [-0.3, -0.25) is 9.59 Å². The van der Waals surface area contributed by atoms with E-state index in [-0.39, 0.29) is 18.2 Å². The monoisotopic (exact) mass is 368 g/mol. The number of benzene rings is 2. The van der Waals surface area contributed by atoms with Gasteiger partial charge in [0.2, 0.25) is 5.91 Å². The Morgan fingerprint density at radius 3 is 2.33 bits per heavy atom. The fourth-order valence-corrected chi connectivity index (χ4v) is 2.78. The van der Waals surface area contributed by atoms with E-state index in [9.17, 15) is 9.59 Å². The van der Waals surface area contributed by atoms with Crippen LogP contribution in [-0.4, -0.2) is 17.9 Å². The molecule has 2 aromatic carbocycles. The number of carbonyl (C=O) groups excluding carboxylic acids is 2. The number of aryl methyl sites for hydroxylation is 1. The average Bonchev–Trinajstić information content (AvgIpc) is 2.61. The topological polar surface area (TPSA) is 81.4 Å². The van der Waals surface area contributed by atoms with Crippen LogP contribution in [0.15, 0.2) is 48.5 Å². The summed E-state index contributed by atoms with van der Waals surface area (Å²) in [6.07, 6.45) is 0.0218. The summed E-state index contributed by atoms with van der Waals surface area (Å²) >= 11 is 0. The minimum absolute atomic E-state index is 0.0218. The molecule has 2 atom stereocenters. The maximum Gasteiger partial charge on any atom is 0.313 e. The maximum absolute atomic E-state index is 12.6. The number of hydrogen-bond acceptors (Lipinski definition) is 4. The lowest BCUT2D eigenvalue weighted by Crippen LogP contribution is -2.41. The first kappa shape index (κ1) is 20.6. The Labute approximate surface area is 160 Å². The zero-order valence-corrected chi connectivity index (χ0v) is 16.4. The van der Waals surface area contributed by atoms with Gasteiger partial charge in [-0.15, -0.1) is 0 Å². The molecule has 5 nitrogen and oxygen atoms in total. The lowest BCUT2D eigenvalue weighted by molar-refractivity contribution is -0.135. The number of nitrogens with two attached hydrogens (primary N) is 1. The predicted molar refractivity (Wildman–Crippen MR) is 106 cm³/mol. The molecular weight excluding hydrogens is 340 g/mol. The summed E-state index contributed by atoms with van der Waals surface area (Å²) in [7, 11) is 0. The number of carbonyl (C=O) groups is 2. The van der Waals surface area contributed by atoms with Gasteiger partial charge in [-0.05, 0) is 42.5 Å². The number of amides is 1. The minimum atomic E-state index is -0.656. The quantitative estimate of drug-likeness (QED) is 0.578. The molecule has 0 saturated heterocycles. The Balaban J connectivity index is 2.19. The average molecular weight is 368 g/mol. The van der Waals surface area contributed by atoms with Gasteiger partial charge in [-0.2, -0.15) is 0 Å². The molecule has 1 amide bonds. The van der Waals surface area contributed by atoms with Crippen molar-refractivity contribution < 1.29 is 14.3 Å². The smallest absolute Gasteiger partial charge is 0.313 e. The zero-order valence-electron chi connectivity index (χ0n) is 16.4. The van der Waals surface area contributed by atoms with Gasteiger partial charge in [0.15, 0.2) is 0 Å². The first-order valence-electron chi connectivity index (χ1n) is 9.20. The van der Waals surface area contributed by atoms with Crippen molar-refractivity contribution in [2.45, 2.75) is 52.1 Å². The molecule has 0 aliphatic heterocycles. The standard InChI is InChI=1S/C22H28N2O3/c1-14(2)18-11-10-15(3)12-20(18)27-21(25)13-19(24-22(26)16(4)23)17-8-6-5-7-9-17/h5-12,14,16,19H,13,23H2,1-4H3,(H,24,26)/t16-,19-/m1/s1. The molecule has 0 spiro atoms. The molecule has 0 saturated carbocycles. The number of hydrogen-bond donors (Lipinski definition) is 2. The third-order valence-corrected chi connectivity index (χ3v) is 4.32. The number of rotatable bonds is 7. The zero-order chi connectivity index (χ0) is 20.0. The van der Waals surface area contributed by atoms with Crippen molar-refractivity contribution in [3.8, 4) is 5.75 Å². The maximum atomic E-state index is 12.6. The summed E-state index contributed by atoms with van der Waals surface area (Å²) in [6.45, 7) is 7.67. The van der Waals surface area contributed by atoms with Gasteiger partial charge in [0.25, 0.3) is 0 Å². The highest BCUT2D eigenvalue weighted by molar-refractivity contribution is 5.82. The fourth-order valence-electron chi connectivity index (χ4n) is 2.78. The largest absolute Gasteiger partial charge is 0.426 e. The Hall–Kier alpha value is -2.66. The lowest BCUT2D eigenvalue weighted by Gasteiger charge is -2.20. The molecule has 0 aliphatic carbocycles. The number of nitrogens with one attached hydrogen (secondary N) is 1. The van der Waals surface area contributed by atoms with E-state index in [1.807, 2.05) is 55.5 Å². The second-order valence-electron chi connectivity index (χ2n) is 7.13. The number of ether oxygens (including phenoxy) is 1. The van der Waals surface area contributed by atoms with E-state index in [0.717, 1.165) is 16.7 Å². The van der Waals surface area contributed by atoms with Crippen molar-refractivity contribution in [3.63, 3.8) is 0 Å². The van der Waals surface area contributed by atoms with Crippen LogP contribution < -0.4 is 15.8 Å². The Bertz CT molecular complexity index is 785. The van der Waals surface area contributed by atoms with E-state index in [0.29, 0.717) is 5.75 Å². The molecule has 27 heavy (non-hydrogen) atoms. The Morgan fingerprint density at radius 2 is 1.74 bits per heavy atom. The van der Waals surface area contributed by atoms with Crippen LogP contribution in [0.1, 0.15) is 55.8 Å². The van der Waals surface area contributed by atoms with Crippen LogP contribution in [0.4, 0.5) is 0 Å². The van der Waals surface area contributed by atoms with Crippen LogP contribution in [0.2, 0.25) is 0 Å². The summed E-state index contributed by atoms with van der Waals surface area (Å²) in [5.74, 6) is 0.0906. The highest BCUT2D eigenvalue weighted by atomic mass is 16.5. The van der Waals surface area contributed by atoms with Crippen LogP contribution >= 0.6 is 0 Å². The molecule has 0 bridgehead atoms. The van der Waals surface area contributed by atoms with E-state index in [4.69, 9.17) is 10.5 Å². The molecule has 0 aliphatic rings. The number of esters is 1. The summed E-state index contributed by atoms with van der Waals surface area (Å²) in [5.41, 5.74) is 8.49. The molecule has 0 aromatic heterocycles. The molecule has 5 heteroatoms. The molecule has 0 fully saturated rings. The normalized spacial score (nSPS) is 13.1. The third kappa shape index (κ3) is 5.93. The lowest BCUT2D eigenvalue weighted by atomic mass is 10.0. The molecule has 3 N–H and O–H groups in total. The SMILES string of the molecule is Cc1ccc(C(C)C)c(OC(=O)C[C@@H](NC(=O)[C@@H](C)N)c2ccccc2)c1. The first-order chi connectivity index (χ1) is 12.8. The molecule has 2 rings (SSSR count). The Morgan fingerprint density at radius 1 is 1.07 bits per heavy atom. The summed E-state index contributed by atoms with van der Waals surface area (Å²) in [4.78, 5) is 24.7. The summed E-state index contributed by atoms with van der Waals surface area (Å²) in [5, 5.41) is 2.83. The Kier molecular flexibility index (Phi) is 7.13. The second kappa shape index (κ2) is 9.33. The highest BCUT2D eigenvalue weighted by Crippen LogP contribution is 2.28. The van der Waals surface area contributed by atoms with Gasteiger partial charge >= 0.3 is 5.97 Å². The minimum Gasteiger partial charge on any atom is -0.426 e. The second-order valence-corrected chi connectivity index (χ2v) is 7.13. The van der Waals surface area contributed by atoms with Crippen molar-refractivity contribution in [2.75, 3.05) is 0 Å².